The summed E-state index contributed by atoms with van der Waals surface area (Å²) in [7, 11) is -3.72. The molecule has 4 nitrogen and oxygen atoms in total. The predicted molar refractivity (Wildman–Crippen MR) is 60.3 cm³/mol. The number of nitrogens with one attached hydrogen (secondary N) is 1. The molecule has 0 bridgehead atoms. The third-order valence-corrected chi connectivity index (χ3v) is 3.52. The molecule has 16 heavy (non-hydrogen) atoms. The molecule has 0 saturated heterocycles. The molecule has 82 valence electrons. The van der Waals surface area contributed by atoms with Crippen LogP contribution in [0.1, 0.15) is 0 Å². The number of rotatable bonds is 3. The minimum absolute atomic E-state index is 0.0818. The number of carbonyl (C=O) groups is 1. The fraction of sp³-hybridized carbons (Fsp3) is 0. The molecule has 0 heterocycles. The third-order valence-electron chi connectivity index (χ3n) is 2.23. The van der Waals surface area contributed by atoms with E-state index in [1.165, 1.54) is 12.1 Å². The Balaban J connectivity index is 2.59. The van der Waals surface area contributed by atoms with Crippen LogP contribution in [0.2, 0.25) is 0 Å². The Labute approximate surface area is 93.0 Å². The van der Waals surface area contributed by atoms with Gasteiger partial charge in [0, 0.05) is 0 Å². The van der Waals surface area contributed by atoms with Crippen LogP contribution in [0.15, 0.2) is 47.4 Å². The Bertz CT molecular complexity index is 634. The van der Waals surface area contributed by atoms with Gasteiger partial charge in [-0.25, -0.2) is 8.42 Å². The van der Waals surface area contributed by atoms with Crippen molar-refractivity contribution in [2.45, 2.75) is 4.90 Å². The van der Waals surface area contributed by atoms with E-state index < -0.39 is 10.0 Å². The summed E-state index contributed by atoms with van der Waals surface area (Å²) >= 11 is 0. The smallest absolute Gasteiger partial charge is 0.263 e. The summed E-state index contributed by atoms with van der Waals surface area (Å²) in [4.78, 5) is 10.2. The van der Waals surface area contributed by atoms with E-state index in [4.69, 9.17) is 0 Å². The van der Waals surface area contributed by atoms with Crippen molar-refractivity contribution < 1.29 is 13.2 Å². The van der Waals surface area contributed by atoms with Crippen LogP contribution in [0.5, 0.6) is 0 Å². The summed E-state index contributed by atoms with van der Waals surface area (Å²) in [6.07, 6.45) is 0.157. The molecule has 0 aromatic heterocycles. The topological polar surface area (TPSA) is 63.2 Å². The van der Waals surface area contributed by atoms with E-state index in [0.717, 1.165) is 10.8 Å². The van der Waals surface area contributed by atoms with E-state index >= 15 is 0 Å². The zero-order valence-corrected chi connectivity index (χ0v) is 9.07. The summed E-state index contributed by atoms with van der Waals surface area (Å²) < 4.78 is 24.9. The van der Waals surface area contributed by atoms with E-state index in [0.29, 0.717) is 0 Å². The molecule has 1 amide bonds. The van der Waals surface area contributed by atoms with Gasteiger partial charge in [0.05, 0.1) is 4.90 Å². The standard InChI is InChI=1S/C11H9NO3S/c13-8-12-16(14,15)11-6-5-9-3-1-2-4-10(9)7-11/h1-8H,(H,12,13). The molecule has 0 saturated carbocycles. The van der Waals surface area contributed by atoms with Gasteiger partial charge in [-0.3, -0.25) is 9.52 Å². The maximum atomic E-state index is 11.5. The monoisotopic (exact) mass is 235 g/mol. The Kier molecular flexibility index (Phi) is 2.62. The molecule has 1 N–H and O–H groups in total. The van der Waals surface area contributed by atoms with Gasteiger partial charge in [0.1, 0.15) is 0 Å². The highest BCUT2D eigenvalue weighted by Gasteiger charge is 2.12. The van der Waals surface area contributed by atoms with Crippen LogP contribution in [0, 0.1) is 0 Å². The van der Waals surface area contributed by atoms with Gasteiger partial charge in [-0.2, -0.15) is 0 Å². The average Bonchev–Trinajstić information content (AvgIpc) is 2.28. The van der Waals surface area contributed by atoms with Gasteiger partial charge in [-0.15, -0.1) is 0 Å². The normalized spacial score (nSPS) is 11.2. The maximum Gasteiger partial charge on any atom is 0.263 e. The highest BCUT2D eigenvalue weighted by atomic mass is 32.2. The minimum atomic E-state index is -3.72. The van der Waals surface area contributed by atoms with Crippen LogP contribution in [-0.4, -0.2) is 14.8 Å². The van der Waals surface area contributed by atoms with E-state index in [2.05, 4.69) is 0 Å². The highest BCUT2D eigenvalue weighted by Crippen LogP contribution is 2.18. The second-order valence-corrected chi connectivity index (χ2v) is 4.96. The van der Waals surface area contributed by atoms with Gasteiger partial charge in [0.15, 0.2) is 0 Å². The summed E-state index contributed by atoms with van der Waals surface area (Å²) in [5.41, 5.74) is 0. The fourth-order valence-corrected chi connectivity index (χ4v) is 2.26. The van der Waals surface area contributed by atoms with Crippen molar-refractivity contribution >= 4 is 27.2 Å². The lowest BCUT2D eigenvalue weighted by Crippen LogP contribution is -2.21. The van der Waals surface area contributed by atoms with Crippen molar-refractivity contribution in [3.8, 4) is 0 Å². The van der Waals surface area contributed by atoms with E-state index in [1.54, 1.807) is 10.8 Å². The lowest BCUT2D eigenvalue weighted by atomic mass is 10.1. The van der Waals surface area contributed by atoms with Crippen LogP contribution in [0.4, 0.5) is 0 Å². The largest absolute Gasteiger partial charge is 0.278 e. The number of carbonyl (C=O) groups excluding carboxylic acids is 1. The second kappa shape index (κ2) is 3.94. The molecule has 0 aliphatic heterocycles. The summed E-state index contributed by atoms with van der Waals surface area (Å²) in [6, 6.07) is 12.1. The molecule has 0 unspecified atom stereocenters. The third kappa shape index (κ3) is 1.90. The van der Waals surface area contributed by atoms with Crippen LogP contribution < -0.4 is 4.72 Å². The Morgan fingerprint density at radius 1 is 1.00 bits per heavy atom. The fourth-order valence-electron chi connectivity index (χ4n) is 1.47. The molecular formula is C11H9NO3S. The first-order valence-electron chi connectivity index (χ1n) is 4.58. The number of hydrogen-bond acceptors (Lipinski definition) is 3. The van der Waals surface area contributed by atoms with Gasteiger partial charge >= 0.3 is 0 Å². The van der Waals surface area contributed by atoms with Gasteiger partial charge in [0.2, 0.25) is 6.41 Å². The molecule has 0 atom stereocenters. The summed E-state index contributed by atoms with van der Waals surface area (Å²) in [5, 5.41) is 1.77. The van der Waals surface area contributed by atoms with Crippen LogP contribution in [0.3, 0.4) is 0 Å². The number of sulfonamides is 1. The molecule has 0 aliphatic rings. The van der Waals surface area contributed by atoms with Crippen molar-refractivity contribution in [2.24, 2.45) is 0 Å². The van der Waals surface area contributed by atoms with E-state index in [9.17, 15) is 13.2 Å². The number of fused-ring (bicyclic) bond motifs is 1. The van der Waals surface area contributed by atoms with Crippen molar-refractivity contribution in [3.05, 3.63) is 42.5 Å². The van der Waals surface area contributed by atoms with Crippen molar-refractivity contribution in [2.75, 3.05) is 0 Å². The van der Waals surface area contributed by atoms with Crippen LogP contribution in [0.25, 0.3) is 10.8 Å². The van der Waals surface area contributed by atoms with Gasteiger partial charge in [0.25, 0.3) is 10.0 Å². The molecule has 0 aliphatic carbocycles. The first kappa shape index (κ1) is 10.6. The summed E-state index contributed by atoms with van der Waals surface area (Å²) in [5.74, 6) is 0. The Morgan fingerprint density at radius 2 is 1.69 bits per heavy atom. The SMILES string of the molecule is O=CNS(=O)(=O)c1ccc2ccccc2c1. The quantitative estimate of drug-likeness (QED) is 0.815. The molecule has 0 fully saturated rings. The molecule has 0 spiro atoms. The van der Waals surface area contributed by atoms with Crippen molar-refractivity contribution in [1.29, 1.82) is 0 Å². The molecule has 2 aromatic rings. The molecular weight excluding hydrogens is 226 g/mol. The molecule has 2 rings (SSSR count). The minimum Gasteiger partial charge on any atom is -0.278 e. The zero-order chi connectivity index (χ0) is 11.6. The van der Waals surface area contributed by atoms with Gasteiger partial charge < -0.3 is 0 Å². The van der Waals surface area contributed by atoms with E-state index in [-0.39, 0.29) is 11.3 Å². The van der Waals surface area contributed by atoms with Crippen LogP contribution >= 0.6 is 0 Å². The number of benzene rings is 2. The first-order chi connectivity index (χ1) is 7.63. The van der Waals surface area contributed by atoms with Crippen LogP contribution in [-0.2, 0) is 14.8 Å². The second-order valence-electron chi connectivity index (χ2n) is 3.25. The first-order valence-corrected chi connectivity index (χ1v) is 6.06. The predicted octanol–water partition coefficient (Wildman–Crippen LogP) is 1.27. The van der Waals surface area contributed by atoms with Crippen molar-refractivity contribution in [1.82, 2.24) is 4.72 Å². The van der Waals surface area contributed by atoms with Gasteiger partial charge in [-0.05, 0) is 22.9 Å². The number of amides is 1. The highest BCUT2D eigenvalue weighted by molar-refractivity contribution is 7.90. The Morgan fingerprint density at radius 3 is 2.38 bits per heavy atom. The van der Waals surface area contributed by atoms with Crippen molar-refractivity contribution in [3.63, 3.8) is 0 Å². The summed E-state index contributed by atoms with van der Waals surface area (Å²) in [6.45, 7) is 0. The molecule has 2 aromatic carbocycles. The lowest BCUT2D eigenvalue weighted by Gasteiger charge is -2.03. The van der Waals surface area contributed by atoms with E-state index in [1.807, 2.05) is 24.3 Å². The van der Waals surface area contributed by atoms with Gasteiger partial charge in [-0.1, -0.05) is 30.3 Å². The average molecular weight is 235 g/mol. The molecule has 5 heteroatoms. The maximum absolute atomic E-state index is 11.5. The molecule has 0 radical (unpaired) electrons. The Hall–Kier alpha value is -1.88. The number of hydrogen-bond donors (Lipinski definition) is 1. The lowest BCUT2D eigenvalue weighted by molar-refractivity contribution is -0.108. The zero-order valence-electron chi connectivity index (χ0n) is 8.25.